The number of carbonyl (C=O) groups excluding carboxylic acids is 1. The molecule has 190 valence electrons. The zero-order chi connectivity index (χ0) is 26.1. The minimum absolute atomic E-state index is 0.0254. The Balaban J connectivity index is 1.44. The maximum absolute atomic E-state index is 13.3. The molecule has 0 spiro atoms. The lowest BCUT2D eigenvalue weighted by Gasteiger charge is -2.26. The lowest BCUT2D eigenvalue weighted by molar-refractivity contribution is -0.145. The van der Waals surface area contributed by atoms with Gasteiger partial charge in [0.15, 0.2) is 6.10 Å². The minimum atomic E-state index is -1.04. The third-order valence-electron chi connectivity index (χ3n) is 6.86. The van der Waals surface area contributed by atoms with Gasteiger partial charge in [-0.2, -0.15) is 0 Å². The largest absolute Gasteiger partial charge is 0.479 e. The number of fused-ring (bicyclic) bond motifs is 2. The molecule has 1 aliphatic rings. The first-order valence-electron chi connectivity index (χ1n) is 12.3. The number of rotatable bonds is 7. The van der Waals surface area contributed by atoms with E-state index < -0.39 is 12.1 Å². The van der Waals surface area contributed by atoms with Crippen molar-refractivity contribution >= 4 is 34.5 Å². The standard InChI is InChI=1S/C28H27ClN4O4/c1-3-25(28(35)36)37-18-11-13-21(29)24(15-18)33-23-14-12-19(16(2)26(23)31-32-33)27(34)30-22-10-6-8-17-7-4-5-9-20(17)22/h4-5,7,9,11-15,22,25H,3,6,8,10H2,1-2H3,(H,30,34)(H,35,36). The van der Waals surface area contributed by atoms with Crippen molar-refractivity contribution in [1.29, 1.82) is 0 Å². The van der Waals surface area contributed by atoms with Gasteiger partial charge in [-0.15, -0.1) is 5.10 Å². The van der Waals surface area contributed by atoms with Crippen molar-refractivity contribution in [2.45, 2.75) is 51.7 Å². The van der Waals surface area contributed by atoms with Crippen LogP contribution in [-0.4, -0.2) is 38.1 Å². The highest BCUT2D eigenvalue weighted by atomic mass is 35.5. The van der Waals surface area contributed by atoms with Gasteiger partial charge in [0, 0.05) is 11.6 Å². The summed E-state index contributed by atoms with van der Waals surface area (Å²) in [5.41, 5.74) is 5.46. The first kappa shape index (κ1) is 24.8. The van der Waals surface area contributed by atoms with E-state index in [2.05, 4.69) is 27.8 Å². The number of aliphatic carboxylic acids is 1. The van der Waals surface area contributed by atoms with Crippen LogP contribution in [0.4, 0.5) is 0 Å². The number of hydrogen-bond donors (Lipinski definition) is 2. The Labute approximate surface area is 219 Å². The molecule has 2 unspecified atom stereocenters. The van der Waals surface area contributed by atoms with Crippen LogP contribution in [0.3, 0.4) is 0 Å². The van der Waals surface area contributed by atoms with E-state index >= 15 is 0 Å². The molecular weight excluding hydrogens is 492 g/mol. The summed E-state index contributed by atoms with van der Waals surface area (Å²) in [7, 11) is 0. The van der Waals surface area contributed by atoms with Crippen molar-refractivity contribution < 1.29 is 19.4 Å². The molecule has 0 fully saturated rings. The zero-order valence-electron chi connectivity index (χ0n) is 20.6. The van der Waals surface area contributed by atoms with Crippen LogP contribution in [0.25, 0.3) is 16.7 Å². The van der Waals surface area contributed by atoms with Gasteiger partial charge in [-0.25, -0.2) is 9.48 Å². The molecule has 2 N–H and O–H groups in total. The van der Waals surface area contributed by atoms with Crippen LogP contribution in [0.15, 0.2) is 54.6 Å². The fourth-order valence-electron chi connectivity index (χ4n) is 4.89. The molecule has 4 aromatic rings. The number of hydrogen-bond acceptors (Lipinski definition) is 5. The maximum atomic E-state index is 13.3. The zero-order valence-corrected chi connectivity index (χ0v) is 21.3. The molecule has 1 heterocycles. The summed E-state index contributed by atoms with van der Waals surface area (Å²) in [6, 6.07) is 16.7. The number of carbonyl (C=O) groups is 2. The SMILES string of the molecule is CCC(Oc1ccc(Cl)c(-n2nnc3c(C)c(C(=O)NC4CCCc5ccccc54)ccc32)c1)C(=O)O. The van der Waals surface area contributed by atoms with E-state index in [1.165, 1.54) is 11.1 Å². The molecule has 0 saturated carbocycles. The molecule has 9 heteroatoms. The number of halogens is 1. The first-order chi connectivity index (χ1) is 17.9. The lowest BCUT2D eigenvalue weighted by atomic mass is 9.87. The third-order valence-corrected chi connectivity index (χ3v) is 7.18. The maximum Gasteiger partial charge on any atom is 0.344 e. The smallest absolute Gasteiger partial charge is 0.344 e. The topological polar surface area (TPSA) is 106 Å². The van der Waals surface area contributed by atoms with Gasteiger partial charge in [0.2, 0.25) is 0 Å². The Morgan fingerprint density at radius 3 is 2.81 bits per heavy atom. The predicted molar refractivity (Wildman–Crippen MR) is 141 cm³/mol. The van der Waals surface area contributed by atoms with E-state index in [-0.39, 0.29) is 11.9 Å². The molecule has 0 bridgehead atoms. The molecule has 5 rings (SSSR count). The normalized spacial score (nSPS) is 15.7. The highest BCUT2D eigenvalue weighted by molar-refractivity contribution is 6.32. The van der Waals surface area contributed by atoms with E-state index in [1.54, 1.807) is 41.9 Å². The van der Waals surface area contributed by atoms with Crippen molar-refractivity contribution in [2.24, 2.45) is 0 Å². The molecule has 0 aliphatic heterocycles. The monoisotopic (exact) mass is 518 g/mol. The molecule has 8 nitrogen and oxygen atoms in total. The van der Waals surface area contributed by atoms with Crippen LogP contribution in [-0.2, 0) is 11.2 Å². The number of carboxylic acid groups (broad SMARTS) is 1. The molecule has 0 saturated heterocycles. The van der Waals surface area contributed by atoms with Crippen LogP contribution in [0, 0.1) is 6.92 Å². The molecular formula is C28H27ClN4O4. The summed E-state index contributed by atoms with van der Waals surface area (Å²) < 4.78 is 7.20. The van der Waals surface area contributed by atoms with Gasteiger partial charge in [0.25, 0.3) is 5.91 Å². The summed E-state index contributed by atoms with van der Waals surface area (Å²) in [6.07, 6.45) is 2.30. The Morgan fingerprint density at radius 1 is 1.22 bits per heavy atom. The van der Waals surface area contributed by atoms with E-state index in [9.17, 15) is 14.7 Å². The van der Waals surface area contributed by atoms with E-state index in [0.717, 1.165) is 19.3 Å². The molecule has 1 aromatic heterocycles. The summed E-state index contributed by atoms with van der Waals surface area (Å²) in [6.45, 7) is 3.59. The second kappa shape index (κ2) is 10.2. The van der Waals surface area contributed by atoms with Crippen molar-refractivity contribution in [3.63, 3.8) is 0 Å². The van der Waals surface area contributed by atoms with Gasteiger partial charge in [-0.3, -0.25) is 4.79 Å². The second-order valence-electron chi connectivity index (χ2n) is 9.19. The number of amides is 1. The van der Waals surface area contributed by atoms with Crippen molar-refractivity contribution in [3.05, 3.63) is 81.9 Å². The molecule has 0 radical (unpaired) electrons. The minimum Gasteiger partial charge on any atom is -0.479 e. The summed E-state index contributed by atoms with van der Waals surface area (Å²) in [5.74, 6) is -0.829. The fourth-order valence-corrected chi connectivity index (χ4v) is 5.08. The third kappa shape index (κ3) is 4.76. The van der Waals surface area contributed by atoms with Crippen LogP contribution in [0.1, 0.15) is 59.3 Å². The van der Waals surface area contributed by atoms with Gasteiger partial charge >= 0.3 is 5.97 Å². The van der Waals surface area contributed by atoms with E-state index in [1.807, 2.05) is 19.1 Å². The first-order valence-corrected chi connectivity index (χ1v) is 12.7. The van der Waals surface area contributed by atoms with Gasteiger partial charge in [0.1, 0.15) is 11.3 Å². The number of nitrogens with zero attached hydrogens (tertiary/aromatic N) is 3. The van der Waals surface area contributed by atoms with Crippen molar-refractivity contribution in [1.82, 2.24) is 20.3 Å². The number of aromatic nitrogens is 3. The van der Waals surface area contributed by atoms with Gasteiger partial charge in [-0.05, 0) is 73.6 Å². The number of carboxylic acids is 1. The summed E-state index contributed by atoms with van der Waals surface area (Å²) in [4.78, 5) is 24.7. The van der Waals surface area contributed by atoms with E-state index in [4.69, 9.17) is 16.3 Å². The quantitative estimate of drug-likeness (QED) is 0.338. The van der Waals surface area contributed by atoms with Crippen LogP contribution >= 0.6 is 11.6 Å². The van der Waals surface area contributed by atoms with E-state index in [0.29, 0.717) is 45.0 Å². The molecule has 1 amide bonds. The Bertz CT molecular complexity index is 1500. The number of nitrogens with one attached hydrogen (secondary N) is 1. The molecule has 1 aliphatic carbocycles. The van der Waals surface area contributed by atoms with Gasteiger partial charge < -0.3 is 15.2 Å². The number of aryl methyl sites for hydroxylation is 2. The van der Waals surface area contributed by atoms with Crippen molar-refractivity contribution in [3.8, 4) is 11.4 Å². The summed E-state index contributed by atoms with van der Waals surface area (Å²) >= 11 is 6.47. The Kier molecular flexibility index (Phi) is 6.84. The molecule has 37 heavy (non-hydrogen) atoms. The highest BCUT2D eigenvalue weighted by Gasteiger charge is 2.24. The highest BCUT2D eigenvalue weighted by Crippen LogP contribution is 2.32. The van der Waals surface area contributed by atoms with Crippen molar-refractivity contribution in [2.75, 3.05) is 0 Å². The van der Waals surface area contributed by atoms with Gasteiger partial charge in [0.05, 0.1) is 22.3 Å². The second-order valence-corrected chi connectivity index (χ2v) is 9.60. The number of benzene rings is 3. The summed E-state index contributed by atoms with van der Waals surface area (Å²) in [5, 5.41) is 21.6. The average molecular weight is 519 g/mol. The van der Waals surface area contributed by atoms with Gasteiger partial charge in [-0.1, -0.05) is 48.0 Å². The van der Waals surface area contributed by atoms with Crippen LogP contribution in [0.5, 0.6) is 5.75 Å². The molecule has 3 aromatic carbocycles. The lowest BCUT2D eigenvalue weighted by Crippen LogP contribution is -2.31. The Hall–Kier alpha value is -3.91. The molecule has 2 atom stereocenters. The Morgan fingerprint density at radius 2 is 2.03 bits per heavy atom. The predicted octanol–water partition coefficient (Wildman–Crippen LogP) is 5.43. The average Bonchev–Trinajstić information content (AvgIpc) is 3.33. The van der Waals surface area contributed by atoms with Crippen LogP contribution in [0.2, 0.25) is 5.02 Å². The fraction of sp³-hybridized carbons (Fsp3) is 0.286. The van der Waals surface area contributed by atoms with Crippen LogP contribution < -0.4 is 10.1 Å². The number of ether oxygens (including phenoxy) is 1.